The summed E-state index contributed by atoms with van der Waals surface area (Å²) in [6.07, 6.45) is 0.632. The van der Waals surface area contributed by atoms with Gasteiger partial charge in [0.25, 0.3) is 0 Å². The van der Waals surface area contributed by atoms with Crippen LogP contribution in [0.5, 0.6) is 0 Å². The largest absolute Gasteiger partial charge is 0.465 e. The average molecular weight is 231 g/mol. The fraction of sp³-hybridized carbons (Fsp3) is 0.667. The summed E-state index contributed by atoms with van der Waals surface area (Å²) in [5.41, 5.74) is 8.28. The highest BCUT2D eigenvalue weighted by atomic mass is 32.1. The Labute approximate surface area is 95.0 Å². The minimum absolute atomic E-state index is 0.0769. The van der Waals surface area contributed by atoms with Gasteiger partial charge in [-0.15, -0.1) is 0 Å². The van der Waals surface area contributed by atoms with E-state index in [1.165, 1.54) is 0 Å². The Morgan fingerprint density at radius 2 is 2.20 bits per heavy atom. The van der Waals surface area contributed by atoms with E-state index in [1.807, 2.05) is 6.92 Å². The van der Waals surface area contributed by atoms with Gasteiger partial charge in [0, 0.05) is 5.71 Å². The van der Waals surface area contributed by atoms with Crippen molar-refractivity contribution >= 4 is 29.0 Å². The maximum atomic E-state index is 11.5. The predicted molar refractivity (Wildman–Crippen MR) is 63.4 cm³/mol. The monoisotopic (exact) mass is 231 g/mol. The summed E-state index contributed by atoms with van der Waals surface area (Å²) < 4.78 is 4.91. The predicted octanol–water partition coefficient (Wildman–Crippen LogP) is 0.785. The molecule has 15 heavy (non-hydrogen) atoms. The average Bonchev–Trinajstić information content (AvgIpc) is 2.16. The van der Waals surface area contributed by atoms with Gasteiger partial charge in [-0.25, -0.2) is 0 Å². The number of carbonyl (C=O) groups is 1. The second-order valence-corrected chi connectivity index (χ2v) is 3.38. The quantitative estimate of drug-likeness (QED) is 0.316. The molecule has 0 fully saturated rings. The minimum Gasteiger partial charge on any atom is -0.465 e. The lowest BCUT2D eigenvalue weighted by Crippen LogP contribution is -2.29. The fourth-order valence-corrected chi connectivity index (χ4v) is 1.14. The Hall–Kier alpha value is -1.17. The van der Waals surface area contributed by atoms with Gasteiger partial charge in [-0.2, -0.15) is 5.10 Å². The van der Waals surface area contributed by atoms with Crippen LogP contribution in [0.3, 0.4) is 0 Å². The van der Waals surface area contributed by atoms with Crippen LogP contribution >= 0.6 is 12.2 Å². The molecule has 0 aliphatic rings. The highest BCUT2D eigenvalue weighted by Crippen LogP contribution is 2.07. The SMILES string of the molecule is CCOC(=O)C(CC)/C(C)=N\NC(N)=S. The van der Waals surface area contributed by atoms with Crippen molar-refractivity contribution in [3.8, 4) is 0 Å². The molecule has 0 saturated heterocycles. The van der Waals surface area contributed by atoms with Crippen LogP contribution in [0.1, 0.15) is 27.2 Å². The molecule has 0 aliphatic carbocycles. The van der Waals surface area contributed by atoms with E-state index in [9.17, 15) is 4.79 Å². The standard InChI is InChI=1S/C9H17N3O2S/c1-4-7(8(13)14-5-2)6(3)11-12-9(10)15/h7H,4-5H2,1-3H3,(H3,10,12,15)/b11-6-. The van der Waals surface area contributed by atoms with Crippen LogP contribution in [0.2, 0.25) is 0 Å². The maximum Gasteiger partial charge on any atom is 0.314 e. The van der Waals surface area contributed by atoms with E-state index in [2.05, 4.69) is 22.7 Å². The molecule has 0 saturated carbocycles. The Morgan fingerprint density at radius 1 is 1.60 bits per heavy atom. The first-order valence-electron chi connectivity index (χ1n) is 4.79. The summed E-state index contributed by atoms with van der Waals surface area (Å²) in [6.45, 7) is 5.76. The van der Waals surface area contributed by atoms with Gasteiger partial charge in [-0.1, -0.05) is 6.92 Å². The third-order valence-electron chi connectivity index (χ3n) is 1.83. The molecule has 0 aromatic rings. The Bertz CT molecular complexity index is 266. The third-order valence-corrected chi connectivity index (χ3v) is 1.92. The molecule has 0 aliphatic heterocycles. The van der Waals surface area contributed by atoms with E-state index in [4.69, 9.17) is 10.5 Å². The van der Waals surface area contributed by atoms with Gasteiger partial charge in [0.1, 0.15) is 0 Å². The molecule has 86 valence electrons. The molecule has 1 unspecified atom stereocenters. The van der Waals surface area contributed by atoms with Crippen LogP contribution in [-0.2, 0) is 9.53 Å². The van der Waals surface area contributed by atoms with Crippen LogP contribution in [0, 0.1) is 5.92 Å². The first-order chi connectivity index (χ1) is 7.02. The summed E-state index contributed by atoms with van der Waals surface area (Å²) in [4.78, 5) is 11.5. The number of hydrazone groups is 1. The number of carbonyl (C=O) groups excluding carboxylic acids is 1. The Balaban J connectivity index is 4.45. The van der Waals surface area contributed by atoms with E-state index in [0.29, 0.717) is 18.7 Å². The van der Waals surface area contributed by atoms with Crippen molar-refractivity contribution in [2.24, 2.45) is 16.8 Å². The zero-order valence-electron chi connectivity index (χ0n) is 9.24. The lowest BCUT2D eigenvalue weighted by Gasteiger charge is -2.12. The van der Waals surface area contributed by atoms with Gasteiger partial charge in [0.2, 0.25) is 0 Å². The molecule has 0 aromatic carbocycles. The molecular weight excluding hydrogens is 214 g/mol. The number of rotatable bonds is 5. The molecule has 0 radical (unpaired) electrons. The molecule has 0 amide bonds. The molecule has 5 nitrogen and oxygen atoms in total. The normalized spacial score (nSPS) is 13.1. The Morgan fingerprint density at radius 3 is 2.60 bits per heavy atom. The number of nitrogens with two attached hydrogens (primary N) is 1. The lowest BCUT2D eigenvalue weighted by molar-refractivity contribution is -0.145. The number of nitrogens with zero attached hydrogens (tertiary/aromatic N) is 1. The second kappa shape index (κ2) is 7.17. The van der Waals surface area contributed by atoms with Gasteiger partial charge in [-0.05, 0) is 32.5 Å². The number of esters is 1. The number of hydrogen-bond acceptors (Lipinski definition) is 4. The first kappa shape index (κ1) is 13.8. The van der Waals surface area contributed by atoms with Crippen molar-refractivity contribution in [2.45, 2.75) is 27.2 Å². The van der Waals surface area contributed by atoms with Crippen LogP contribution in [0.25, 0.3) is 0 Å². The van der Waals surface area contributed by atoms with Gasteiger partial charge in [0.05, 0.1) is 12.5 Å². The van der Waals surface area contributed by atoms with E-state index in [0.717, 1.165) is 0 Å². The van der Waals surface area contributed by atoms with Crippen molar-refractivity contribution in [3.05, 3.63) is 0 Å². The first-order valence-corrected chi connectivity index (χ1v) is 5.19. The zero-order valence-corrected chi connectivity index (χ0v) is 10.1. The van der Waals surface area contributed by atoms with E-state index in [1.54, 1.807) is 13.8 Å². The fourth-order valence-electron chi connectivity index (χ4n) is 1.10. The second-order valence-electron chi connectivity index (χ2n) is 2.94. The summed E-state index contributed by atoms with van der Waals surface area (Å²) in [5, 5.41) is 3.97. The third kappa shape index (κ3) is 5.31. The molecule has 3 N–H and O–H groups in total. The summed E-state index contributed by atoms with van der Waals surface area (Å²) in [7, 11) is 0. The van der Waals surface area contributed by atoms with Crippen molar-refractivity contribution in [1.82, 2.24) is 5.43 Å². The van der Waals surface area contributed by atoms with Gasteiger partial charge < -0.3 is 10.5 Å². The van der Waals surface area contributed by atoms with E-state index < -0.39 is 0 Å². The molecular formula is C9H17N3O2S. The topological polar surface area (TPSA) is 76.7 Å². The van der Waals surface area contributed by atoms with Crippen molar-refractivity contribution in [3.63, 3.8) is 0 Å². The minimum atomic E-state index is -0.341. The van der Waals surface area contributed by atoms with Crippen molar-refractivity contribution < 1.29 is 9.53 Å². The van der Waals surface area contributed by atoms with Gasteiger partial charge in [0.15, 0.2) is 5.11 Å². The van der Waals surface area contributed by atoms with Gasteiger partial charge >= 0.3 is 5.97 Å². The van der Waals surface area contributed by atoms with Crippen molar-refractivity contribution in [2.75, 3.05) is 6.61 Å². The zero-order chi connectivity index (χ0) is 11.8. The van der Waals surface area contributed by atoms with Crippen LogP contribution < -0.4 is 11.2 Å². The highest BCUT2D eigenvalue weighted by molar-refractivity contribution is 7.80. The lowest BCUT2D eigenvalue weighted by atomic mass is 10.0. The van der Waals surface area contributed by atoms with Gasteiger partial charge in [-0.3, -0.25) is 10.2 Å². The molecule has 0 spiro atoms. The molecule has 0 bridgehead atoms. The smallest absolute Gasteiger partial charge is 0.314 e. The van der Waals surface area contributed by atoms with Crippen LogP contribution in [0.4, 0.5) is 0 Å². The van der Waals surface area contributed by atoms with E-state index in [-0.39, 0.29) is 17.0 Å². The number of hydrogen-bond donors (Lipinski definition) is 2. The maximum absolute atomic E-state index is 11.5. The summed E-state index contributed by atoms with van der Waals surface area (Å²) >= 11 is 4.60. The molecule has 6 heteroatoms. The Kier molecular flexibility index (Phi) is 6.61. The molecule has 0 aromatic heterocycles. The van der Waals surface area contributed by atoms with Crippen LogP contribution in [-0.4, -0.2) is 23.4 Å². The molecule has 0 heterocycles. The molecule has 1 atom stereocenters. The number of ether oxygens (including phenoxy) is 1. The summed E-state index contributed by atoms with van der Waals surface area (Å²) in [6, 6.07) is 0. The molecule has 0 rings (SSSR count). The van der Waals surface area contributed by atoms with E-state index >= 15 is 0 Å². The van der Waals surface area contributed by atoms with Crippen molar-refractivity contribution in [1.29, 1.82) is 0 Å². The number of nitrogens with one attached hydrogen (secondary N) is 1. The van der Waals surface area contributed by atoms with Crippen LogP contribution in [0.15, 0.2) is 5.10 Å². The highest BCUT2D eigenvalue weighted by Gasteiger charge is 2.20. The number of thiocarbonyl (C=S) groups is 1. The summed E-state index contributed by atoms with van der Waals surface area (Å²) in [5.74, 6) is -0.613.